The van der Waals surface area contributed by atoms with Gasteiger partial charge in [0.15, 0.2) is 9.84 Å². The van der Waals surface area contributed by atoms with Crippen LogP contribution in [-0.4, -0.2) is 23.1 Å². The molecule has 0 N–H and O–H groups in total. The van der Waals surface area contributed by atoms with E-state index in [1.165, 1.54) is 12.1 Å². The first-order chi connectivity index (χ1) is 11.3. The molecule has 0 aromatic heterocycles. The van der Waals surface area contributed by atoms with Gasteiger partial charge in [0.1, 0.15) is 10.6 Å². The lowest BCUT2D eigenvalue weighted by Gasteiger charge is -2.12. The number of rotatable bonds is 4. The van der Waals surface area contributed by atoms with Crippen molar-refractivity contribution in [3.8, 4) is 5.75 Å². The number of halogens is 4. The van der Waals surface area contributed by atoms with Gasteiger partial charge in [-0.3, -0.25) is 0 Å². The van der Waals surface area contributed by atoms with Crippen molar-refractivity contribution in [1.29, 1.82) is 0 Å². The van der Waals surface area contributed by atoms with Crippen molar-refractivity contribution in [2.75, 3.05) is 6.26 Å². The predicted molar refractivity (Wildman–Crippen MR) is 86.5 cm³/mol. The number of hydrogen-bond donors (Lipinski definition) is 0. The average molecular weight is 459 g/mol. The smallest absolute Gasteiger partial charge is 0.379 e. The molecule has 5 nitrogen and oxygen atoms in total. The summed E-state index contributed by atoms with van der Waals surface area (Å²) < 4.78 is 90.6. The molecule has 0 aliphatic rings. The third-order valence-electron chi connectivity index (χ3n) is 2.97. The number of hydrogen-bond acceptors (Lipinski definition) is 5. The standard InChI is InChI=1S/C14H10BrF3O5S2/c1-24(19,20)11-5-6-12(15)13(8-11)25(21,22)23-10-4-2-3-9(7-10)14(16,17)18/h2-8H,1H3. The molecule has 0 amide bonds. The number of benzene rings is 2. The molecule has 2 aromatic rings. The molecule has 0 aliphatic carbocycles. The largest absolute Gasteiger partial charge is 0.416 e. The molecule has 2 rings (SSSR count). The van der Waals surface area contributed by atoms with Crippen molar-refractivity contribution in [2.24, 2.45) is 0 Å². The van der Waals surface area contributed by atoms with E-state index in [1.54, 1.807) is 0 Å². The van der Waals surface area contributed by atoms with Gasteiger partial charge in [-0.05, 0) is 52.3 Å². The lowest BCUT2D eigenvalue weighted by atomic mass is 10.2. The van der Waals surface area contributed by atoms with Crippen molar-refractivity contribution < 1.29 is 34.2 Å². The fraction of sp³-hybridized carbons (Fsp3) is 0.143. The molecule has 0 atom stereocenters. The second kappa shape index (κ2) is 6.61. The number of alkyl halides is 3. The van der Waals surface area contributed by atoms with Crippen molar-refractivity contribution in [3.05, 3.63) is 52.5 Å². The van der Waals surface area contributed by atoms with Crippen LogP contribution in [0, 0.1) is 0 Å². The molecule has 0 unspecified atom stereocenters. The molecule has 25 heavy (non-hydrogen) atoms. The van der Waals surface area contributed by atoms with Crippen LogP contribution in [0.2, 0.25) is 0 Å². The Hall–Kier alpha value is -1.59. The molecular weight excluding hydrogens is 449 g/mol. The van der Waals surface area contributed by atoms with Crippen LogP contribution in [0.1, 0.15) is 5.56 Å². The van der Waals surface area contributed by atoms with Gasteiger partial charge in [0.2, 0.25) is 0 Å². The molecule has 0 bridgehead atoms. The third-order valence-corrected chi connectivity index (χ3v) is 6.32. The molecule has 0 spiro atoms. The zero-order chi connectivity index (χ0) is 19.0. The topological polar surface area (TPSA) is 77.5 Å². The highest BCUT2D eigenvalue weighted by Gasteiger charge is 2.31. The van der Waals surface area contributed by atoms with E-state index in [2.05, 4.69) is 15.9 Å². The van der Waals surface area contributed by atoms with Crippen LogP contribution in [0.4, 0.5) is 13.2 Å². The minimum Gasteiger partial charge on any atom is -0.379 e. The molecule has 2 aromatic carbocycles. The minimum atomic E-state index is -4.67. The Morgan fingerprint density at radius 3 is 2.20 bits per heavy atom. The predicted octanol–water partition coefficient (Wildman–Crippen LogP) is 3.64. The van der Waals surface area contributed by atoms with Gasteiger partial charge in [-0.1, -0.05) is 6.07 Å². The Kier molecular flexibility index (Phi) is 5.22. The van der Waals surface area contributed by atoms with Crippen LogP contribution in [-0.2, 0) is 26.1 Å². The van der Waals surface area contributed by atoms with Crippen LogP contribution in [0.5, 0.6) is 5.75 Å². The van der Waals surface area contributed by atoms with E-state index >= 15 is 0 Å². The van der Waals surface area contributed by atoms with E-state index in [0.717, 1.165) is 30.5 Å². The summed E-state index contributed by atoms with van der Waals surface area (Å²) in [6.07, 6.45) is -3.78. The maximum atomic E-state index is 12.7. The van der Waals surface area contributed by atoms with E-state index in [0.29, 0.717) is 6.07 Å². The summed E-state index contributed by atoms with van der Waals surface area (Å²) in [6, 6.07) is 6.58. The zero-order valence-corrected chi connectivity index (χ0v) is 15.6. The maximum absolute atomic E-state index is 12.7. The molecular formula is C14H10BrF3O5S2. The van der Waals surface area contributed by atoms with Crippen LogP contribution >= 0.6 is 15.9 Å². The first kappa shape index (κ1) is 19.7. The molecule has 0 fully saturated rings. The van der Waals surface area contributed by atoms with Gasteiger partial charge in [0.05, 0.1) is 10.5 Å². The second-order valence-corrected chi connectivity index (χ2v) is 9.31. The van der Waals surface area contributed by atoms with Gasteiger partial charge in [-0.2, -0.15) is 21.6 Å². The third kappa shape index (κ3) is 4.73. The van der Waals surface area contributed by atoms with E-state index in [1.807, 2.05) is 0 Å². The number of sulfone groups is 1. The highest BCUT2D eigenvalue weighted by atomic mass is 79.9. The van der Waals surface area contributed by atoms with Crippen molar-refractivity contribution >= 4 is 35.9 Å². The Bertz CT molecular complexity index is 1020. The summed E-state index contributed by atoms with van der Waals surface area (Å²) in [5.41, 5.74) is -1.08. The van der Waals surface area contributed by atoms with E-state index in [-0.39, 0.29) is 9.37 Å². The molecule has 0 saturated carbocycles. The quantitative estimate of drug-likeness (QED) is 0.653. The summed E-state index contributed by atoms with van der Waals surface area (Å²) in [5, 5.41) is 0. The van der Waals surface area contributed by atoms with Gasteiger partial charge in [-0.25, -0.2) is 8.42 Å². The normalized spacial score (nSPS) is 12.8. The zero-order valence-electron chi connectivity index (χ0n) is 12.4. The Morgan fingerprint density at radius 1 is 1.00 bits per heavy atom. The maximum Gasteiger partial charge on any atom is 0.416 e. The summed E-state index contributed by atoms with van der Waals surface area (Å²) in [7, 11) is -8.26. The van der Waals surface area contributed by atoms with Crippen LogP contribution in [0.15, 0.2) is 56.7 Å². The fourth-order valence-electron chi connectivity index (χ4n) is 1.80. The lowest BCUT2D eigenvalue weighted by Crippen LogP contribution is -2.12. The van der Waals surface area contributed by atoms with Crippen molar-refractivity contribution in [3.63, 3.8) is 0 Å². The summed E-state index contributed by atoms with van der Waals surface area (Å²) in [4.78, 5) is -0.797. The fourth-order valence-corrected chi connectivity index (χ4v) is 4.39. The van der Waals surface area contributed by atoms with Gasteiger partial charge in [0, 0.05) is 10.7 Å². The van der Waals surface area contributed by atoms with Crippen LogP contribution in [0.25, 0.3) is 0 Å². The average Bonchev–Trinajstić information content (AvgIpc) is 2.45. The summed E-state index contributed by atoms with van der Waals surface area (Å²) in [6.45, 7) is 0. The Balaban J connectivity index is 2.47. The van der Waals surface area contributed by atoms with Gasteiger partial charge in [0.25, 0.3) is 0 Å². The van der Waals surface area contributed by atoms with Gasteiger partial charge < -0.3 is 4.18 Å². The SMILES string of the molecule is CS(=O)(=O)c1ccc(Br)c(S(=O)(=O)Oc2cccc(C(F)(F)F)c2)c1. The van der Waals surface area contributed by atoms with E-state index in [9.17, 15) is 30.0 Å². The monoisotopic (exact) mass is 458 g/mol. The second-order valence-electron chi connectivity index (χ2n) is 4.93. The first-order valence-electron chi connectivity index (χ1n) is 6.42. The first-order valence-corrected chi connectivity index (χ1v) is 10.5. The van der Waals surface area contributed by atoms with E-state index in [4.69, 9.17) is 4.18 Å². The van der Waals surface area contributed by atoms with Crippen molar-refractivity contribution in [1.82, 2.24) is 0 Å². The molecule has 136 valence electrons. The lowest BCUT2D eigenvalue weighted by molar-refractivity contribution is -0.137. The highest BCUT2D eigenvalue weighted by Crippen LogP contribution is 2.33. The van der Waals surface area contributed by atoms with Crippen LogP contribution in [0.3, 0.4) is 0 Å². The van der Waals surface area contributed by atoms with Gasteiger partial charge >= 0.3 is 16.3 Å². The molecule has 0 aliphatic heterocycles. The molecule has 0 heterocycles. The minimum absolute atomic E-state index is 0.00637. The van der Waals surface area contributed by atoms with Crippen molar-refractivity contribution in [2.45, 2.75) is 16.0 Å². The molecule has 11 heteroatoms. The molecule has 0 radical (unpaired) electrons. The van der Waals surface area contributed by atoms with Gasteiger partial charge in [-0.15, -0.1) is 0 Å². The Morgan fingerprint density at radius 2 is 1.64 bits per heavy atom. The Labute approximate surface area is 150 Å². The summed E-state index contributed by atoms with van der Waals surface area (Å²) in [5.74, 6) is -0.550. The molecule has 0 saturated heterocycles. The van der Waals surface area contributed by atoms with Crippen LogP contribution < -0.4 is 4.18 Å². The van der Waals surface area contributed by atoms with E-state index < -0.39 is 42.3 Å². The highest BCUT2D eigenvalue weighted by molar-refractivity contribution is 9.10. The summed E-state index contributed by atoms with van der Waals surface area (Å²) >= 11 is 2.96.